The number of aryl methyl sites for hydroxylation is 2. The summed E-state index contributed by atoms with van der Waals surface area (Å²) in [6.45, 7) is 6.91. The molecule has 2 heterocycles. The first-order valence-electron chi connectivity index (χ1n) is 11.0. The first kappa shape index (κ1) is 31.1. The van der Waals surface area contributed by atoms with Gasteiger partial charge in [-0.25, -0.2) is 0 Å². The minimum atomic E-state index is -0.250. The van der Waals surface area contributed by atoms with Crippen LogP contribution in [0.2, 0.25) is 0 Å². The molecular formula is C25H27Br5N4O2. The molecule has 0 atom stereocenters. The Hall–Kier alpha value is -1.14. The minimum Gasteiger partial charge on any atom is -0.472 e. The van der Waals surface area contributed by atoms with Crippen LogP contribution < -0.4 is 9.47 Å². The van der Waals surface area contributed by atoms with Gasteiger partial charge < -0.3 is 9.47 Å². The van der Waals surface area contributed by atoms with Crippen molar-refractivity contribution in [1.29, 1.82) is 0 Å². The van der Waals surface area contributed by atoms with Crippen LogP contribution in [0.1, 0.15) is 25.0 Å². The molecule has 0 bridgehead atoms. The normalized spacial score (nSPS) is 10.5. The number of ether oxygens (including phenoxy) is 2. The fraction of sp³-hybridized carbons (Fsp3) is 0.280. The van der Waals surface area contributed by atoms with E-state index in [0.29, 0.717) is 25.0 Å². The van der Waals surface area contributed by atoms with Gasteiger partial charge in [-0.05, 0) is 105 Å². The second-order valence-corrected chi connectivity index (χ2v) is 19.1. The number of nitrogens with zero attached hydrogens (tertiary/aromatic N) is 4. The van der Waals surface area contributed by atoms with E-state index in [4.69, 9.17) is 9.47 Å². The molecule has 4 aromatic rings. The number of halogens is 5. The number of alkyl halides is 4. The molecule has 0 saturated carbocycles. The first-order chi connectivity index (χ1) is 17.2. The second-order valence-electron chi connectivity index (χ2n) is 7.11. The summed E-state index contributed by atoms with van der Waals surface area (Å²) < 4.78 is 15.5. The quantitative estimate of drug-likeness (QED) is 0.167. The van der Waals surface area contributed by atoms with Crippen LogP contribution in [-0.2, 0) is 26.3 Å². The highest BCUT2D eigenvalue weighted by Crippen LogP contribution is 2.39. The van der Waals surface area contributed by atoms with Crippen LogP contribution in [0.15, 0.2) is 83.6 Å². The monoisotopic (exact) mass is 810 g/mol. The topological polar surface area (TPSA) is 54.1 Å². The van der Waals surface area contributed by atoms with Crippen LogP contribution >= 0.6 is 79.6 Å². The predicted molar refractivity (Wildman–Crippen MR) is 163 cm³/mol. The van der Waals surface area contributed by atoms with Crippen molar-refractivity contribution in [3.05, 3.63) is 94.7 Å². The number of benzene rings is 2. The highest BCUT2D eigenvalue weighted by atomic mass is 80.0. The van der Waals surface area contributed by atoms with Crippen LogP contribution in [-0.4, -0.2) is 20.6 Å². The molecule has 6 nitrogen and oxygen atoms in total. The molecule has 194 valence electrons. The molecule has 0 amide bonds. The van der Waals surface area contributed by atoms with Crippen LogP contribution in [0, 0.1) is 0 Å². The fourth-order valence-corrected chi connectivity index (χ4v) is 3.25. The Labute approximate surface area is 254 Å². The lowest BCUT2D eigenvalue weighted by molar-refractivity contribution is 0.289. The van der Waals surface area contributed by atoms with E-state index in [-0.39, 0.29) is 1.05 Å². The zero-order valence-corrected chi connectivity index (χ0v) is 27.8. The van der Waals surface area contributed by atoms with E-state index >= 15 is 0 Å². The van der Waals surface area contributed by atoms with E-state index in [2.05, 4.69) is 89.8 Å². The van der Waals surface area contributed by atoms with E-state index in [1.165, 1.54) is 0 Å². The summed E-state index contributed by atoms with van der Waals surface area (Å²) in [6.07, 6.45) is 1.92. The van der Waals surface area contributed by atoms with E-state index in [1.807, 2.05) is 102 Å². The van der Waals surface area contributed by atoms with Crippen molar-refractivity contribution in [1.82, 2.24) is 19.6 Å². The average Bonchev–Trinajstić information content (AvgIpc) is 3.48. The lowest BCUT2D eigenvalue weighted by Gasteiger charge is -2.02. The number of aromatic nitrogens is 4. The van der Waals surface area contributed by atoms with Gasteiger partial charge in [0.05, 0.1) is 0 Å². The van der Waals surface area contributed by atoms with Gasteiger partial charge in [-0.2, -0.15) is 0 Å². The van der Waals surface area contributed by atoms with E-state index in [0.717, 1.165) is 28.8 Å². The lowest BCUT2D eigenvalue weighted by Crippen LogP contribution is -1.99. The van der Waals surface area contributed by atoms with E-state index in [1.54, 1.807) is 0 Å². The maximum absolute atomic E-state index is 5.59. The van der Waals surface area contributed by atoms with Crippen LogP contribution in [0.4, 0.5) is 0 Å². The molecule has 0 aliphatic rings. The van der Waals surface area contributed by atoms with Gasteiger partial charge in [-0.3, -0.25) is 9.36 Å². The molecule has 0 aliphatic heterocycles. The minimum absolute atomic E-state index is 0.250. The van der Waals surface area contributed by atoms with Crippen molar-refractivity contribution in [2.75, 3.05) is 0 Å². The molecule has 36 heavy (non-hydrogen) atoms. The third-order valence-electron chi connectivity index (χ3n) is 4.41. The molecule has 0 spiro atoms. The molecule has 0 N–H and O–H groups in total. The Bertz CT molecular complexity index is 1130. The number of hydrogen-bond donors (Lipinski definition) is 0. The van der Waals surface area contributed by atoms with Gasteiger partial charge in [0.2, 0.25) is 11.8 Å². The lowest BCUT2D eigenvalue weighted by atomic mass is 10.2. The fourth-order valence-electron chi connectivity index (χ4n) is 2.72. The molecular weight excluding hydrogens is 788 g/mol. The standard InChI is InChI=1S/C12H13BrN2O.C12H14N2O.CBr4/c1-2-15-11(13)8-12(14-15)16-9-10-6-4-3-5-7-10;1-2-14-9-8-12(13-14)15-10-11-6-4-3-5-7-11;2-1(3,4)5/h3-8H,2,9H2,1H3;3-9H,2,10H2,1H3;. The smallest absolute Gasteiger partial charge is 0.234 e. The summed E-state index contributed by atoms with van der Waals surface area (Å²) in [5.74, 6) is 1.33. The molecule has 0 fully saturated rings. The summed E-state index contributed by atoms with van der Waals surface area (Å²) >= 11 is 15.9. The summed E-state index contributed by atoms with van der Waals surface area (Å²) in [4.78, 5) is 0. The van der Waals surface area contributed by atoms with E-state index in [9.17, 15) is 0 Å². The molecule has 4 rings (SSSR count). The van der Waals surface area contributed by atoms with Gasteiger partial charge in [-0.1, -0.05) is 60.7 Å². The maximum Gasteiger partial charge on any atom is 0.234 e. The van der Waals surface area contributed by atoms with Crippen molar-refractivity contribution < 1.29 is 9.47 Å². The van der Waals surface area contributed by atoms with Crippen molar-refractivity contribution in [3.8, 4) is 11.8 Å². The molecule has 11 heteroatoms. The maximum atomic E-state index is 5.59. The van der Waals surface area contributed by atoms with Gasteiger partial charge in [0.1, 0.15) is 17.8 Å². The average molecular weight is 815 g/mol. The summed E-state index contributed by atoms with van der Waals surface area (Å²) in [5, 5.41) is 8.53. The van der Waals surface area contributed by atoms with Crippen molar-refractivity contribution in [2.45, 2.75) is 41.2 Å². The first-order valence-corrected chi connectivity index (χ1v) is 15.0. The van der Waals surface area contributed by atoms with Gasteiger partial charge in [0, 0.05) is 31.4 Å². The van der Waals surface area contributed by atoms with Crippen LogP contribution in [0.5, 0.6) is 11.8 Å². The Morgan fingerprint density at radius 2 is 1.22 bits per heavy atom. The predicted octanol–water partition coefficient (Wildman–Crippen LogP) is 8.90. The summed E-state index contributed by atoms with van der Waals surface area (Å²) in [7, 11) is 0. The molecule has 0 unspecified atom stereocenters. The summed E-state index contributed by atoms with van der Waals surface area (Å²) in [6, 6.07) is 23.9. The number of hydrogen-bond acceptors (Lipinski definition) is 4. The third-order valence-corrected chi connectivity index (χ3v) is 5.05. The second kappa shape index (κ2) is 16.7. The zero-order chi connectivity index (χ0) is 26.4. The van der Waals surface area contributed by atoms with Gasteiger partial charge >= 0.3 is 0 Å². The third kappa shape index (κ3) is 13.4. The zero-order valence-electron chi connectivity index (χ0n) is 19.8. The Morgan fingerprint density at radius 1 is 0.722 bits per heavy atom. The molecule has 0 aliphatic carbocycles. The van der Waals surface area contributed by atoms with Gasteiger partial charge in [0.15, 0.2) is 1.05 Å². The van der Waals surface area contributed by atoms with Crippen molar-refractivity contribution >= 4 is 79.6 Å². The number of rotatable bonds is 8. The highest BCUT2D eigenvalue weighted by molar-refractivity contribution is 9.52. The largest absolute Gasteiger partial charge is 0.472 e. The molecule has 2 aromatic carbocycles. The SMILES string of the molecule is BrC(Br)(Br)Br.CCn1ccc(OCc2ccccc2)n1.CCn1nc(OCc2ccccc2)cc1Br. The van der Waals surface area contributed by atoms with Gasteiger partial charge in [-0.15, -0.1) is 10.2 Å². The van der Waals surface area contributed by atoms with Crippen LogP contribution in [0.3, 0.4) is 0 Å². The highest BCUT2D eigenvalue weighted by Gasteiger charge is 2.08. The van der Waals surface area contributed by atoms with Crippen molar-refractivity contribution in [3.63, 3.8) is 0 Å². The molecule has 0 radical (unpaired) electrons. The van der Waals surface area contributed by atoms with Crippen molar-refractivity contribution in [2.24, 2.45) is 0 Å². The molecule has 2 aromatic heterocycles. The van der Waals surface area contributed by atoms with Crippen LogP contribution in [0.25, 0.3) is 0 Å². The Kier molecular flexibility index (Phi) is 14.4. The summed E-state index contributed by atoms with van der Waals surface area (Å²) in [5.41, 5.74) is 2.30. The molecule has 0 saturated heterocycles. The van der Waals surface area contributed by atoms with E-state index < -0.39 is 0 Å². The Balaban J connectivity index is 0.000000215. The Morgan fingerprint density at radius 3 is 1.64 bits per heavy atom. The van der Waals surface area contributed by atoms with Gasteiger partial charge in [0.25, 0.3) is 0 Å².